The maximum absolute atomic E-state index is 11.3. The van der Waals surface area contributed by atoms with Gasteiger partial charge in [-0.1, -0.05) is 13.3 Å². The number of carbonyl (C=O) groups is 2. The molecule has 3 nitrogen and oxygen atoms in total. The first kappa shape index (κ1) is 11.2. The van der Waals surface area contributed by atoms with E-state index < -0.39 is 0 Å². The normalized spacial score (nSPS) is 24.4. The van der Waals surface area contributed by atoms with Crippen molar-refractivity contribution in [2.45, 2.75) is 52.0 Å². The lowest BCUT2D eigenvalue weighted by Gasteiger charge is -2.02. The number of rotatable bonds is 6. The van der Waals surface area contributed by atoms with Crippen molar-refractivity contribution in [2.24, 2.45) is 5.92 Å². The Bertz CT molecular complexity index is 225. The van der Waals surface area contributed by atoms with E-state index in [0.717, 1.165) is 6.42 Å². The van der Waals surface area contributed by atoms with Crippen LogP contribution in [0.2, 0.25) is 0 Å². The predicted molar refractivity (Wildman–Crippen MR) is 54.9 cm³/mol. The third-order valence-corrected chi connectivity index (χ3v) is 2.63. The van der Waals surface area contributed by atoms with Crippen molar-refractivity contribution in [2.75, 3.05) is 0 Å². The van der Waals surface area contributed by atoms with Crippen LogP contribution in [0.5, 0.6) is 0 Å². The summed E-state index contributed by atoms with van der Waals surface area (Å²) in [5.74, 6) is 0.811. The minimum Gasteiger partial charge on any atom is -0.353 e. The van der Waals surface area contributed by atoms with Crippen LogP contribution in [0.4, 0.5) is 0 Å². The summed E-state index contributed by atoms with van der Waals surface area (Å²) in [7, 11) is 0. The van der Waals surface area contributed by atoms with E-state index in [2.05, 4.69) is 12.2 Å². The molecule has 0 spiro atoms. The Hall–Kier alpha value is -0.860. The molecule has 1 aliphatic carbocycles. The van der Waals surface area contributed by atoms with Crippen molar-refractivity contribution in [3.63, 3.8) is 0 Å². The van der Waals surface area contributed by atoms with Crippen molar-refractivity contribution < 1.29 is 9.59 Å². The quantitative estimate of drug-likeness (QED) is 0.704. The highest BCUT2D eigenvalue weighted by atomic mass is 16.2. The van der Waals surface area contributed by atoms with Crippen LogP contribution in [-0.2, 0) is 9.59 Å². The fourth-order valence-corrected chi connectivity index (χ4v) is 1.68. The predicted octanol–water partition coefficient (Wildman–Crippen LogP) is 1.66. The Balaban J connectivity index is 2.07. The topological polar surface area (TPSA) is 46.2 Å². The summed E-state index contributed by atoms with van der Waals surface area (Å²) in [5.41, 5.74) is 0. The van der Waals surface area contributed by atoms with Gasteiger partial charge in [0.2, 0.25) is 5.91 Å². The minimum absolute atomic E-state index is 0.0313. The van der Waals surface area contributed by atoms with Gasteiger partial charge in [-0.15, -0.1) is 0 Å². The van der Waals surface area contributed by atoms with Crippen LogP contribution in [0, 0.1) is 5.92 Å². The monoisotopic (exact) mass is 197 g/mol. The molecule has 0 aromatic rings. The molecular weight excluding hydrogens is 178 g/mol. The van der Waals surface area contributed by atoms with E-state index in [-0.39, 0.29) is 11.7 Å². The highest BCUT2D eigenvalue weighted by Gasteiger charge is 2.36. The number of Topliss-reactive ketones (excluding diaryl/α,β-unsaturated/α-hetero) is 1. The molecule has 0 radical (unpaired) electrons. The summed E-state index contributed by atoms with van der Waals surface area (Å²) < 4.78 is 0. The molecule has 3 heteroatoms. The molecule has 1 aliphatic rings. The molecular formula is C11H19NO2. The Labute approximate surface area is 85.3 Å². The first-order chi connectivity index (χ1) is 6.63. The number of hydrogen-bond acceptors (Lipinski definition) is 2. The van der Waals surface area contributed by atoms with Crippen LogP contribution in [0.3, 0.4) is 0 Å². The van der Waals surface area contributed by atoms with Crippen LogP contribution in [0.15, 0.2) is 0 Å². The van der Waals surface area contributed by atoms with E-state index in [9.17, 15) is 9.59 Å². The van der Waals surface area contributed by atoms with Gasteiger partial charge >= 0.3 is 0 Å². The molecule has 1 rings (SSSR count). The smallest absolute Gasteiger partial charge is 0.220 e. The van der Waals surface area contributed by atoms with Gasteiger partial charge < -0.3 is 10.1 Å². The van der Waals surface area contributed by atoms with E-state index >= 15 is 0 Å². The SMILES string of the molecule is CCCC1CC1NC(=O)CCC(C)=O. The first-order valence-corrected chi connectivity index (χ1v) is 5.42. The number of ketones is 1. The zero-order chi connectivity index (χ0) is 10.6. The maximum Gasteiger partial charge on any atom is 0.220 e. The zero-order valence-corrected chi connectivity index (χ0v) is 9.01. The van der Waals surface area contributed by atoms with Crippen LogP contribution in [0.25, 0.3) is 0 Å². The summed E-state index contributed by atoms with van der Waals surface area (Å²) in [6, 6.07) is 0.398. The Morgan fingerprint density at radius 1 is 1.36 bits per heavy atom. The van der Waals surface area contributed by atoms with Gasteiger partial charge in [-0.25, -0.2) is 0 Å². The van der Waals surface area contributed by atoms with E-state index in [1.165, 1.54) is 19.8 Å². The van der Waals surface area contributed by atoms with Gasteiger partial charge in [0, 0.05) is 18.9 Å². The molecule has 1 N–H and O–H groups in total. The van der Waals surface area contributed by atoms with Gasteiger partial charge in [0.25, 0.3) is 0 Å². The molecule has 0 aromatic carbocycles. The summed E-state index contributed by atoms with van der Waals surface area (Å²) in [6.45, 7) is 3.68. The largest absolute Gasteiger partial charge is 0.353 e. The third-order valence-electron chi connectivity index (χ3n) is 2.63. The van der Waals surface area contributed by atoms with Crippen molar-refractivity contribution >= 4 is 11.7 Å². The molecule has 0 saturated heterocycles. The molecule has 1 fully saturated rings. The third kappa shape index (κ3) is 3.90. The van der Waals surface area contributed by atoms with Crippen LogP contribution in [0.1, 0.15) is 46.0 Å². The van der Waals surface area contributed by atoms with E-state index in [4.69, 9.17) is 0 Å². The Morgan fingerprint density at radius 2 is 2.07 bits per heavy atom. The number of hydrogen-bond donors (Lipinski definition) is 1. The first-order valence-electron chi connectivity index (χ1n) is 5.42. The highest BCUT2D eigenvalue weighted by molar-refractivity contribution is 5.83. The number of nitrogens with one attached hydrogen (secondary N) is 1. The molecule has 0 heterocycles. The lowest BCUT2D eigenvalue weighted by Crippen LogP contribution is -2.26. The van der Waals surface area contributed by atoms with Gasteiger partial charge in [0.15, 0.2) is 0 Å². The fraction of sp³-hybridized carbons (Fsp3) is 0.818. The molecule has 80 valence electrons. The Morgan fingerprint density at radius 3 is 2.64 bits per heavy atom. The van der Waals surface area contributed by atoms with Crippen LogP contribution >= 0.6 is 0 Å². The molecule has 0 aliphatic heterocycles. The molecule has 0 aromatic heterocycles. The van der Waals surface area contributed by atoms with E-state index in [1.54, 1.807) is 0 Å². The van der Waals surface area contributed by atoms with Crippen LogP contribution < -0.4 is 5.32 Å². The maximum atomic E-state index is 11.3. The zero-order valence-electron chi connectivity index (χ0n) is 9.01. The molecule has 0 bridgehead atoms. The lowest BCUT2D eigenvalue weighted by atomic mass is 10.2. The summed E-state index contributed by atoms with van der Waals surface area (Å²) >= 11 is 0. The molecule has 2 atom stereocenters. The summed E-state index contributed by atoms with van der Waals surface area (Å²) in [6.07, 6.45) is 4.24. The fourth-order valence-electron chi connectivity index (χ4n) is 1.68. The molecule has 1 amide bonds. The molecule has 1 saturated carbocycles. The van der Waals surface area contributed by atoms with Gasteiger partial charge in [-0.05, 0) is 25.7 Å². The average Bonchev–Trinajstić information content (AvgIpc) is 2.81. The standard InChI is InChI=1S/C11H19NO2/c1-3-4-9-7-10(9)12-11(14)6-5-8(2)13/h9-10H,3-7H2,1-2H3,(H,12,14). The average molecular weight is 197 g/mol. The van der Waals surface area contributed by atoms with Gasteiger partial charge in [-0.2, -0.15) is 0 Å². The van der Waals surface area contributed by atoms with Crippen molar-refractivity contribution in [3.05, 3.63) is 0 Å². The van der Waals surface area contributed by atoms with Gasteiger partial charge in [-0.3, -0.25) is 4.79 Å². The van der Waals surface area contributed by atoms with Gasteiger partial charge in [0.1, 0.15) is 5.78 Å². The van der Waals surface area contributed by atoms with E-state index in [1.807, 2.05) is 0 Å². The van der Waals surface area contributed by atoms with Crippen LogP contribution in [-0.4, -0.2) is 17.7 Å². The highest BCUT2D eigenvalue weighted by Crippen LogP contribution is 2.34. The number of amides is 1. The Kier molecular flexibility index (Phi) is 4.11. The number of carbonyl (C=O) groups excluding carboxylic acids is 2. The lowest BCUT2D eigenvalue weighted by molar-refractivity contribution is -0.124. The molecule has 2 unspecified atom stereocenters. The van der Waals surface area contributed by atoms with Crippen molar-refractivity contribution in [1.29, 1.82) is 0 Å². The van der Waals surface area contributed by atoms with Gasteiger partial charge in [0.05, 0.1) is 0 Å². The summed E-state index contributed by atoms with van der Waals surface area (Å²) in [4.78, 5) is 21.9. The molecule has 14 heavy (non-hydrogen) atoms. The minimum atomic E-state index is 0.0313. The van der Waals surface area contributed by atoms with Crippen molar-refractivity contribution in [1.82, 2.24) is 5.32 Å². The summed E-state index contributed by atoms with van der Waals surface area (Å²) in [5, 5.41) is 2.95. The van der Waals surface area contributed by atoms with E-state index in [0.29, 0.717) is 24.8 Å². The second-order valence-corrected chi connectivity index (χ2v) is 4.16. The second kappa shape index (κ2) is 5.13. The van der Waals surface area contributed by atoms with Crippen molar-refractivity contribution in [3.8, 4) is 0 Å². The second-order valence-electron chi connectivity index (χ2n) is 4.16.